The molecule has 0 aliphatic carbocycles. The smallest absolute Gasteiger partial charge is 0.305 e. The molecule has 6 atom stereocenters. The number of anilines is 4. The van der Waals surface area contributed by atoms with Crippen molar-refractivity contribution in [1.82, 2.24) is 10.6 Å². The van der Waals surface area contributed by atoms with Gasteiger partial charge < -0.3 is 54.6 Å². The first-order chi connectivity index (χ1) is 50.0. The Hall–Kier alpha value is -10.1. The van der Waals surface area contributed by atoms with Crippen LogP contribution in [0.4, 0.5) is 28.4 Å². The molecule has 6 aromatic carbocycles. The minimum absolute atomic E-state index is 0.0401. The van der Waals surface area contributed by atoms with Gasteiger partial charge in [-0.1, -0.05) is 62.4 Å². The first kappa shape index (κ1) is 78.0. The lowest BCUT2D eigenvalue weighted by Crippen LogP contribution is -2.39. The fourth-order valence-electron chi connectivity index (χ4n) is 13.0. The van der Waals surface area contributed by atoms with E-state index in [1.807, 2.05) is 65.6 Å². The minimum Gasteiger partial charge on any atom is -0.493 e. The number of carbonyl (C=O) groups is 10. The lowest BCUT2D eigenvalue weighted by molar-refractivity contribution is -0.141. The van der Waals surface area contributed by atoms with Gasteiger partial charge in [0.1, 0.15) is 13.2 Å². The third kappa shape index (κ3) is 20.2. The first-order valence-electron chi connectivity index (χ1n) is 34.8. The molecule has 10 rings (SSSR count). The van der Waals surface area contributed by atoms with Crippen molar-refractivity contribution < 1.29 is 76.4 Å². The number of carbonyl (C=O) groups excluding carboxylic acids is 10. The van der Waals surface area contributed by atoms with Gasteiger partial charge >= 0.3 is 11.9 Å². The number of alkyl halides is 2. The minimum atomic E-state index is -0.769. The number of nitrogens with zero attached hydrogens (tertiary/aromatic N) is 3. The van der Waals surface area contributed by atoms with Crippen LogP contribution < -0.4 is 50.0 Å². The molecule has 6 amide bonds. The van der Waals surface area contributed by atoms with Gasteiger partial charge in [-0.3, -0.25) is 57.8 Å². The zero-order valence-electron chi connectivity index (χ0n) is 59.8. The van der Waals surface area contributed by atoms with E-state index in [0.717, 1.165) is 58.5 Å². The Bertz CT molecular complexity index is 4240. The van der Waals surface area contributed by atoms with Gasteiger partial charge in [-0.15, -0.1) is 23.2 Å². The Labute approximate surface area is 615 Å². The predicted octanol–water partition coefficient (Wildman–Crippen LogP) is 12.4. The number of esters is 2. The number of Topliss-reactive ketones (excluding diaryl/α,β-unsaturated/α-hetero) is 2. The van der Waals surface area contributed by atoms with Crippen LogP contribution in [0.5, 0.6) is 23.0 Å². The van der Waals surface area contributed by atoms with Gasteiger partial charge in [0, 0.05) is 115 Å². The molecule has 4 aliphatic heterocycles. The Morgan fingerprint density at radius 3 is 1.47 bits per heavy atom. The maximum Gasteiger partial charge on any atom is 0.305 e. The van der Waals surface area contributed by atoms with E-state index in [2.05, 4.69) is 41.8 Å². The second-order valence-corrected chi connectivity index (χ2v) is 27.0. The van der Waals surface area contributed by atoms with Gasteiger partial charge in [-0.2, -0.15) is 0 Å². The molecule has 0 radical (unpaired) electrons. The summed E-state index contributed by atoms with van der Waals surface area (Å²) in [5.74, 6) is -1.96. The second kappa shape index (κ2) is 36.8. The maximum absolute atomic E-state index is 13.8. The molecule has 0 bridgehead atoms. The van der Waals surface area contributed by atoms with Crippen molar-refractivity contribution in [2.45, 2.75) is 167 Å². The van der Waals surface area contributed by atoms with E-state index in [1.54, 1.807) is 88.4 Å². The molecular formula is C79H89Cl2N7O16. The summed E-state index contributed by atoms with van der Waals surface area (Å²) >= 11 is 12.4. The van der Waals surface area contributed by atoms with Gasteiger partial charge in [0.05, 0.1) is 57.8 Å². The van der Waals surface area contributed by atoms with E-state index in [-0.39, 0.29) is 135 Å². The summed E-state index contributed by atoms with van der Waals surface area (Å²) in [6.45, 7) is 6.71. The molecule has 0 saturated heterocycles. The zero-order valence-corrected chi connectivity index (χ0v) is 61.3. The maximum atomic E-state index is 13.8. The van der Waals surface area contributed by atoms with Gasteiger partial charge in [0.2, 0.25) is 23.6 Å². The van der Waals surface area contributed by atoms with Crippen LogP contribution >= 0.6 is 23.2 Å². The number of rotatable bonds is 32. The Morgan fingerprint density at radius 2 is 0.971 bits per heavy atom. The molecule has 0 saturated carbocycles. The van der Waals surface area contributed by atoms with Crippen LogP contribution in [-0.2, 0) is 92.1 Å². The molecule has 4 aliphatic rings. The van der Waals surface area contributed by atoms with E-state index in [4.69, 9.17) is 42.1 Å². The molecular weight excluding hydrogens is 1370 g/mol. The Balaban J connectivity index is 0.000000241. The average molecular weight is 1460 g/mol. The number of benzene rings is 6. The summed E-state index contributed by atoms with van der Waals surface area (Å²) < 4.78 is 33.0. The zero-order chi connectivity index (χ0) is 74.7. The van der Waals surface area contributed by atoms with Crippen LogP contribution in [0.25, 0.3) is 0 Å². The number of amides is 6. The number of ether oxygens (including phenoxy) is 6. The number of ketones is 2. The fourth-order valence-corrected chi connectivity index (χ4v) is 13.3. The molecule has 25 heteroatoms. The van der Waals surface area contributed by atoms with Gasteiger partial charge in [0.25, 0.3) is 11.8 Å². The summed E-state index contributed by atoms with van der Waals surface area (Å²) in [5.41, 5.74) is 10.5. The summed E-state index contributed by atoms with van der Waals surface area (Å²) in [6.07, 6.45) is 7.54. The van der Waals surface area contributed by atoms with E-state index in [0.29, 0.717) is 88.9 Å². The highest BCUT2D eigenvalue weighted by Crippen LogP contribution is 2.43. The quantitative estimate of drug-likeness (QED) is 0.0173. The summed E-state index contributed by atoms with van der Waals surface area (Å²) in [7, 11) is 5.68. The molecule has 0 aromatic heterocycles. The Kier molecular flexibility index (Phi) is 27.6. The fraction of sp³-hybridized carbons (Fsp3) is 0.405. The van der Waals surface area contributed by atoms with Crippen LogP contribution in [0, 0.1) is 11.8 Å². The summed E-state index contributed by atoms with van der Waals surface area (Å²) in [6, 6.07) is 32.1. The number of hydrogen-bond acceptors (Lipinski definition) is 17. The van der Waals surface area contributed by atoms with Gasteiger partial charge in [-0.05, 0) is 152 Å². The number of para-hydroxylation sites is 2. The highest BCUT2D eigenvalue weighted by molar-refractivity contribution is 6.17. The van der Waals surface area contributed by atoms with Gasteiger partial charge in [-0.25, -0.2) is 0 Å². The van der Waals surface area contributed by atoms with Gasteiger partial charge in [0.15, 0.2) is 34.6 Å². The standard InChI is InChI=1S/C40H46ClN3O8.C39H43ClN4O8/c1-24(15-34(45)25(2)42-37(46)11-7-8-12-38(47)51-4)39(48)43-30-17-26(22-41)16-27(18-30)23-52-36-20-28-13-14-31-19-29-9-5-6-10-33(29)44(31)40(49)32(28)21-35(36)50-3;1-23(13-33(45)24(2)42-36(46)11-7-8-12-37(47)51-4)38(48)43-28-15-25(20-40)14-26(16-28)22-52-35-19-31-30(18-34(35)50-3)39(49)44-29(21-41-31)17-27-9-5-6-10-32(27)44/h5-6,9-10,16-18,20-21,24-25,31H,7-8,11-15,19,22-23H2,1-4H3,(H,42,46)(H,43,48);5-6,9-10,14-16,18-19,21,23-24,29H,7-8,11-13,17,20,22H2,1-4H3,(H,42,46)(H,43,48)/t24-,25+,31-;23-,24+,29+/m11/s1. The number of hydrogen-bond donors (Lipinski definition) is 4. The highest BCUT2D eigenvalue weighted by atomic mass is 35.5. The molecule has 6 aromatic rings. The van der Waals surface area contributed by atoms with Crippen molar-refractivity contribution >= 4 is 117 Å². The first-order valence-corrected chi connectivity index (χ1v) is 35.9. The molecule has 23 nitrogen and oxygen atoms in total. The number of halogens is 2. The van der Waals surface area contributed by atoms with Crippen molar-refractivity contribution in [3.8, 4) is 23.0 Å². The van der Waals surface area contributed by atoms with Crippen molar-refractivity contribution in [2.75, 3.05) is 48.9 Å². The van der Waals surface area contributed by atoms with E-state index in [1.165, 1.54) is 26.9 Å². The van der Waals surface area contributed by atoms with Crippen molar-refractivity contribution in [3.63, 3.8) is 0 Å². The third-order valence-corrected chi connectivity index (χ3v) is 19.3. The van der Waals surface area contributed by atoms with Crippen molar-refractivity contribution in [1.29, 1.82) is 0 Å². The predicted molar refractivity (Wildman–Crippen MR) is 396 cm³/mol. The average Bonchev–Trinajstić information content (AvgIpc) is 1.60. The summed E-state index contributed by atoms with van der Waals surface area (Å²) in [5, 5.41) is 11.1. The van der Waals surface area contributed by atoms with Crippen LogP contribution in [0.3, 0.4) is 0 Å². The number of methoxy groups -OCH3 is 4. The van der Waals surface area contributed by atoms with E-state index >= 15 is 0 Å². The number of nitrogens with one attached hydrogen (secondary N) is 4. The normalized spacial score (nSPS) is 15.5. The number of aryl methyl sites for hydroxylation is 1. The molecule has 550 valence electrons. The molecule has 0 spiro atoms. The molecule has 4 N–H and O–H groups in total. The van der Waals surface area contributed by atoms with Crippen molar-refractivity contribution in [2.24, 2.45) is 16.8 Å². The molecule has 104 heavy (non-hydrogen) atoms. The number of fused-ring (bicyclic) bond motifs is 8. The Morgan fingerprint density at radius 1 is 0.519 bits per heavy atom. The third-order valence-electron chi connectivity index (χ3n) is 18.7. The molecule has 0 unspecified atom stereocenters. The lowest BCUT2D eigenvalue weighted by atomic mass is 9.99. The van der Waals surface area contributed by atoms with E-state index < -0.39 is 23.9 Å². The summed E-state index contributed by atoms with van der Waals surface area (Å²) in [4.78, 5) is 135. The highest BCUT2D eigenvalue weighted by Gasteiger charge is 2.39. The molecule has 4 heterocycles. The van der Waals surface area contributed by atoms with Crippen LogP contribution in [0.1, 0.15) is 158 Å². The number of unbranched alkanes of at least 4 members (excludes halogenated alkanes) is 2. The lowest BCUT2D eigenvalue weighted by Gasteiger charge is -2.23. The van der Waals surface area contributed by atoms with E-state index in [9.17, 15) is 47.9 Å². The largest absolute Gasteiger partial charge is 0.493 e. The van der Waals surface area contributed by atoms with Crippen LogP contribution in [-0.4, -0.2) is 118 Å². The monoisotopic (exact) mass is 1460 g/mol. The van der Waals surface area contributed by atoms with Crippen molar-refractivity contribution in [3.05, 3.63) is 159 Å². The SMILES string of the molecule is COC(=O)CCCCC(=O)N[C@@H](C)C(=O)C[C@@H](C)C(=O)Nc1cc(CCl)cc(COc2cc3c(cc2OC)C(=O)N2c4ccccc4C[C@H]2C=N3)c1.COC(=O)CCCCC(=O)N[C@@H](C)C(=O)C[C@@H](C)C(=O)Nc1cc(CCl)cc(COc2cc3c(cc2OC)C(=O)N2c4ccccc4C[C@H]2CC3)c1. The second-order valence-electron chi connectivity index (χ2n) is 26.4. The number of aliphatic imine (C=N–C) groups is 1. The topological polar surface area (TPSA) is 293 Å². The van der Waals surface area contributed by atoms with Crippen LogP contribution in [0.2, 0.25) is 0 Å². The van der Waals surface area contributed by atoms with Crippen LogP contribution in [0.15, 0.2) is 114 Å². The molecule has 0 fully saturated rings.